The van der Waals surface area contributed by atoms with E-state index in [-0.39, 0.29) is 12.2 Å². The van der Waals surface area contributed by atoms with Gasteiger partial charge in [0.1, 0.15) is 0 Å². The predicted octanol–water partition coefficient (Wildman–Crippen LogP) is 12.3. The summed E-state index contributed by atoms with van der Waals surface area (Å²) in [4.78, 5) is 12.1. The molecule has 41 heavy (non-hydrogen) atoms. The lowest BCUT2D eigenvalue weighted by atomic mass is 10.0. The summed E-state index contributed by atoms with van der Waals surface area (Å²) in [7, 11) is 0. The van der Waals surface area contributed by atoms with Crippen molar-refractivity contribution in [1.29, 1.82) is 0 Å². The molecule has 0 bridgehead atoms. The first-order chi connectivity index (χ1) is 20.1. The van der Waals surface area contributed by atoms with E-state index in [2.05, 4.69) is 33.0 Å². The van der Waals surface area contributed by atoms with Crippen LogP contribution >= 0.6 is 0 Å². The van der Waals surface area contributed by atoms with Crippen LogP contribution in [-0.2, 0) is 9.47 Å². The molecule has 1 amide bonds. The van der Waals surface area contributed by atoms with Gasteiger partial charge in [-0.15, -0.1) is 0 Å². The molecule has 246 valence electrons. The average molecular weight is 582 g/mol. The number of nitrogens with one attached hydrogen (secondary N) is 1. The first-order valence-electron chi connectivity index (χ1n) is 18.6. The molecule has 0 aliphatic carbocycles. The number of rotatable bonds is 33. The van der Waals surface area contributed by atoms with E-state index in [9.17, 15) is 4.79 Å². The fourth-order valence-electron chi connectivity index (χ4n) is 5.49. The number of carbonyl (C=O) groups excluding carboxylic acids is 1. The van der Waals surface area contributed by atoms with Crippen LogP contribution in [0, 0.1) is 5.92 Å². The molecule has 0 fully saturated rings. The number of unbranched alkanes of at least 4 members (excludes halogenated alkanes) is 24. The van der Waals surface area contributed by atoms with E-state index in [0.717, 1.165) is 19.4 Å². The number of hydrogen-bond donors (Lipinski definition) is 1. The Bertz CT molecular complexity index is 510. The van der Waals surface area contributed by atoms with E-state index in [1.807, 2.05) is 0 Å². The third-order valence-corrected chi connectivity index (χ3v) is 8.25. The Labute approximate surface area is 258 Å². The maximum atomic E-state index is 12.1. The number of carbonyl (C=O) groups is 1. The molecule has 4 nitrogen and oxygen atoms in total. The molecule has 0 aliphatic heterocycles. The fourth-order valence-corrected chi connectivity index (χ4v) is 5.49. The Balaban J connectivity index is 3.89. The van der Waals surface area contributed by atoms with Crippen LogP contribution in [0.1, 0.15) is 201 Å². The van der Waals surface area contributed by atoms with Gasteiger partial charge in [0.25, 0.3) is 0 Å². The zero-order valence-corrected chi connectivity index (χ0v) is 28.6. The highest BCUT2D eigenvalue weighted by atomic mass is 16.5. The molecule has 0 radical (unpaired) electrons. The summed E-state index contributed by atoms with van der Waals surface area (Å²) >= 11 is 0. The zero-order chi connectivity index (χ0) is 30.1. The molecule has 0 saturated heterocycles. The summed E-state index contributed by atoms with van der Waals surface area (Å²) in [6.45, 7) is 10.5. The quantitative estimate of drug-likeness (QED) is 0.0784. The summed E-state index contributed by atoms with van der Waals surface area (Å²) < 4.78 is 11.6. The highest BCUT2D eigenvalue weighted by Crippen LogP contribution is 2.15. The molecule has 0 heterocycles. The minimum Gasteiger partial charge on any atom is -0.449 e. The molecule has 0 aliphatic rings. The maximum absolute atomic E-state index is 12.1. The van der Waals surface area contributed by atoms with Gasteiger partial charge in [0, 0.05) is 13.2 Å². The number of hydrogen-bond acceptors (Lipinski definition) is 3. The van der Waals surface area contributed by atoms with Crippen molar-refractivity contribution < 1.29 is 14.3 Å². The second kappa shape index (κ2) is 33.7. The molecular formula is C37H75NO3. The SMILES string of the molecule is CCCCCCCCCCCCCCCCC(CNC(=O)OCC(C)C)OCCCCCCCCCCCCCC. The average Bonchev–Trinajstić information content (AvgIpc) is 2.96. The highest BCUT2D eigenvalue weighted by molar-refractivity contribution is 5.67. The molecule has 1 unspecified atom stereocenters. The van der Waals surface area contributed by atoms with E-state index < -0.39 is 0 Å². The smallest absolute Gasteiger partial charge is 0.407 e. The number of ether oxygens (including phenoxy) is 2. The van der Waals surface area contributed by atoms with Crippen molar-refractivity contribution in [2.24, 2.45) is 5.92 Å². The summed E-state index contributed by atoms with van der Waals surface area (Å²) in [5.41, 5.74) is 0. The lowest BCUT2D eigenvalue weighted by Gasteiger charge is -2.19. The van der Waals surface area contributed by atoms with Crippen LogP contribution in [0.3, 0.4) is 0 Å². The number of alkyl carbamates (subject to hydrolysis) is 1. The van der Waals surface area contributed by atoms with E-state index in [4.69, 9.17) is 9.47 Å². The van der Waals surface area contributed by atoms with Crippen LogP contribution < -0.4 is 5.32 Å². The van der Waals surface area contributed by atoms with Gasteiger partial charge >= 0.3 is 6.09 Å². The van der Waals surface area contributed by atoms with Crippen LogP contribution in [0.15, 0.2) is 0 Å². The van der Waals surface area contributed by atoms with Crippen LogP contribution in [0.2, 0.25) is 0 Å². The van der Waals surface area contributed by atoms with Crippen molar-refractivity contribution in [3.05, 3.63) is 0 Å². The molecule has 1 N–H and O–H groups in total. The molecule has 0 spiro atoms. The van der Waals surface area contributed by atoms with Gasteiger partial charge in [0.2, 0.25) is 0 Å². The third-order valence-electron chi connectivity index (χ3n) is 8.25. The van der Waals surface area contributed by atoms with Crippen molar-refractivity contribution in [1.82, 2.24) is 5.32 Å². The van der Waals surface area contributed by atoms with Crippen molar-refractivity contribution in [3.63, 3.8) is 0 Å². The minimum atomic E-state index is -0.307. The van der Waals surface area contributed by atoms with Gasteiger partial charge in [-0.25, -0.2) is 4.79 Å². The van der Waals surface area contributed by atoms with Crippen LogP contribution in [0.25, 0.3) is 0 Å². The Morgan fingerprint density at radius 2 is 0.902 bits per heavy atom. The van der Waals surface area contributed by atoms with Gasteiger partial charge < -0.3 is 14.8 Å². The third kappa shape index (κ3) is 33.6. The zero-order valence-electron chi connectivity index (χ0n) is 28.6. The molecule has 0 saturated carbocycles. The lowest BCUT2D eigenvalue weighted by Crippen LogP contribution is -2.34. The van der Waals surface area contributed by atoms with Gasteiger partial charge in [0.05, 0.1) is 12.7 Å². The van der Waals surface area contributed by atoms with Gasteiger partial charge in [0.15, 0.2) is 0 Å². The van der Waals surface area contributed by atoms with Gasteiger partial charge in [-0.2, -0.15) is 0 Å². The molecule has 0 aromatic heterocycles. The standard InChI is InChI=1S/C37H75NO3/c1-5-7-9-11-13-15-17-19-20-21-23-25-27-29-31-36(33-38-37(39)41-34-35(3)4)40-32-30-28-26-24-22-18-16-14-12-10-8-6-2/h35-36H,5-34H2,1-4H3,(H,38,39). The van der Waals surface area contributed by atoms with Crippen molar-refractivity contribution in [3.8, 4) is 0 Å². The second-order valence-electron chi connectivity index (χ2n) is 13.1. The largest absolute Gasteiger partial charge is 0.449 e. The molecule has 0 aromatic rings. The monoisotopic (exact) mass is 582 g/mol. The Morgan fingerprint density at radius 3 is 1.29 bits per heavy atom. The molecular weight excluding hydrogens is 506 g/mol. The minimum absolute atomic E-state index is 0.103. The second-order valence-corrected chi connectivity index (χ2v) is 13.1. The molecule has 4 heteroatoms. The first-order valence-corrected chi connectivity index (χ1v) is 18.6. The van der Waals surface area contributed by atoms with Crippen LogP contribution in [0.5, 0.6) is 0 Å². The van der Waals surface area contributed by atoms with Crippen molar-refractivity contribution in [2.75, 3.05) is 19.8 Å². The summed E-state index contributed by atoms with van der Waals surface area (Å²) in [5, 5.41) is 2.95. The van der Waals surface area contributed by atoms with Gasteiger partial charge in [-0.1, -0.05) is 188 Å². The van der Waals surface area contributed by atoms with E-state index in [1.54, 1.807) is 0 Å². The van der Waals surface area contributed by atoms with E-state index >= 15 is 0 Å². The van der Waals surface area contributed by atoms with Crippen LogP contribution in [-0.4, -0.2) is 32.0 Å². The van der Waals surface area contributed by atoms with Gasteiger partial charge in [-0.3, -0.25) is 0 Å². The summed E-state index contributed by atoms with van der Waals surface area (Å²) in [6, 6.07) is 0. The normalized spacial score (nSPS) is 12.2. The highest BCUT2D eigenvalue weighted by Gasteiger charge is 2.12. The first kappa shape index (κ1) is 40.2. The Morgan fingerprint density at radius 1 is 0.537 bits per heavy atom. The van der Waals surface area contributed by atoms with Crippen molar-refractivity contribution in [2.45, 2.75) is 207 Å². The van der Waals surface area contributed by atoms with Crippen molar-refractivity contribution >= 4 is 6.09 Å². The van der Waals surface area contributed by atoms with E-state index in [1.165, 1.54) is 161 Å². The Kier molecular flexibility index (Phi) is 33.1. The van der Waals surface area contributed by atoms with Crippen LogP contribution in [0.4, 0.5) is 4.79 Å². The predicted molar refractivity (Wildman–Crippen MR) is 180 cm³/mol. The molecule has 1 atom stereocenters. The fraction of sp³-hybridized carbons (Fsp3) is 0.973. The summed E-state index contributed by atoms with van der Waals surface area (Å²) in [5.74, 6) is 0.356. The maximum Gasteiger partial charge on any atom is 0.407 e. The molecule has 0 rings (SSSR count). The number of amides is 1. The van der Waals surface area contributed by atoms with E-state index in [0.29, 0.717) is 19.1 Å². The Hall–Kier alpha value is -0.770. The molecule has 0 aromatic carbocycles. The summed E-state index contributed by atoms with van der Waals surface area (Å²) in [6.07, 6.45) is 36.4. The lowest BCUT2D eigenvalue weighted by molar-refractivity contribution is 0.0413. The van der Waals surface area contributed by atoms with Gasteiger partial charge in [-0.05, 0) is 18.8 Å². The topological polar surface area (TPSA) is 47.6 Å².